The Hall–Kier alpha value is -3.20. The number of aromatic nitrogens is 3. The van der Waals surface area contributed by atoms with Crippen molar-refractivity contribution in [2.75, 3.05) is 35.2 Å². The highest BCUT2D eigenvalue weighted by molar-refractivity contribution is 7.81. The van der Waals surface area contributed by atoms with E-state index in [1.807, 2.05) is 48.2 Å². The number of rotatable bonds is 7. The Morgan fingerprint density at radius 1 is 0.690 bits per heavy atom. The van der Waals surface area contributed by atoms with Gasteiger partial charge in [0.05, 0.1) is 0 Å². The zero-order chi connectivity index (χ0) is 21.0. The molecule has 0 fully saturated rings. The molecule has 1 aromatic heterocycles. The van der Waals surface area contributed by atoms with Gasteiger partial charge in [0, 0.05) is 45.4 Å². The molecule has 0 aliphatic rings. The van der Waals surface area contributed by atoms with Gasteiger partial charge in [-0.25, -0.2) is 0 Å². The topological polar surface area (TPSA) is 88.9 Å². The Labute approximate surface area is 175 Å². The SMILES string of the molecule is CN(S)c1nc(N(C)Cc2ccccc2O)nc(N(C)Cc2ccccc2O)n1. The average molecular weight is 413 g/mol. The fraction of sp³-hybridized carbons (Fsp3) is 0.250. The Morgan fingerprint density at radius 2 is 1.07 bits per heavy atom. The monoisotopic (exact) mass is 412 g/mol. The van der Waals surface area contributed by atoms with E-state index in [2.05, 4.69) is 27.8 Å². The molecule has 0 spiro atoms. The molecule has 0 saturated carbocycles. The fourth-order valence-corrected chi connectivity index (χ4v) is 2.86. The van der Waals surface area contributed by atoms with E-state index < -0.39 is 0 Å². The summed E-state index contributed by atoms with van der Waals surface area (Å²) in [6, 6.07) is 14.3. The lowest BCUT2D eigenvalue weighted by Gasteiger charge is -2.23. The van der Waals surface area contributed by atoms with E-state index in [0.717, 1.165) is 11.1 Å². The van der Waals surface area contributed by atoms with Crippen LogP contribution in [-0.4, -0.2) is 46.3 Å². The van der Waals surface area contributed by atoms with E-state index in [0.29, 0.717) is 30.9 Å². The van der Waals surface area contributed by atoms with Crippen molar-refractivity contribution in [2.24, 2.45) is 0 Å². The van der Waals surface area contributed by atoms with E-state index >= 15 is 0 Å². The second-order valence-electron chi connectivity index (χ2n) is 6.73. The molecule has 0 saturated heterocycles. The summed E-state index contributed by atoms with van der Waals surface area (Å²) < 4.78 is 1.51. The van der Waals surface area contributed by atoms with Crippen molar-refractivity contribution < 1.29 is 10.2 Å². The Bertz CT molecular complexity index is 913. The highest BCUT2D eigenvalue weighted by atomic mass is 32.1. The van der Waals surface area contributed by atoms with Crippen LogP contribution in [0.5, 0.6) is 11.5 Å². The van der Waals surface area contributed by atoms with Gasteiger partial charge in [-0.2, -0.15) is 15.0 Å². The molecule has 0 aliphatic heterocycles. The molecule has 0 bridgehead atoms. The van der Waals surface area contributed by atoms with Crippen molar-refractivity contribution in [3.8, 4) is 11.5 Å². The number of phenols is 2. The number of hydrogen-bond donors (Lipinski definition) is 3. The largest absolute Gasteiger partial charge is 0.508 e. The van der Waals surface area contributed by atoms with Gasteiger partial charge < -0.3 is 20.0 Å². The van der Waals surface area contributed by atoms with Crippen molar-refractivity contribution in [3.05, 3.63) is 59.7 Å². The molecule has 0 unspecified atom stereocenters. The van der Waals surface area contributed by atoms with Crippen molar-refractivity contribution in [1.29, 1.82) is 0 Å². The number of aromatic hydroxyl groups is 2. The molecule has 8 nitrogen and oxygen atoms in total. The maximum atomic E-state index is 10.0. The van der Waals surface area contributed by atoms with E-state index in [4.69, 9.17) is 0 Å². The van der Waals surface area contributed by atoms with Gasteiger partial charge in [-0.3, -0.25) is 4.31 Å². The summed E-state index contributed by atoms with van der Waals surface area (Å²) in [5, 5.41) is 20.1. The van der Waals surface area contributed by atoms with E-state index in [1.54, 1.807) is 31.3 Å². The number of phenolic OH excluding ortho intramolecular Hbond substituents is 2. The van der Waals surface area contributed by atoms with Crippen LogP contribution in [0.3, 0.4) is 0 Å². The molecule has 9 heteroatoms. The summed E-state index contributed by atoms with van der Waals surface area (Å²) in [6.07, 6.45) is 0. The Kier molecular flexibility index (Phi) is 6.28. The molecule has 3 rings (SSSR count). The first kappa shape index (κ1) is 20.5. The van der Waals surface area contributed by atoms with Crippen LogP contribution >= 0.6 is 12.8 Å². The summed E-state index contributed by atoms with van der Waals surface area (Å²) >= 11 is 4.31. The highest BCUT2D eigenvalue weighted by Crippen LogP contribution is 2.24. The second-order valence-corrected chi connectivity index (χ2v) is 7.33. The molecule has 29 heavy (non-hydrogen) atoms. The maximum Gasteiger partial charge on any atom is 0.241 e. The fourth-order valence-electron chi connectivity index (χ4n) is 2.77. The van der Waals surface area contributed by atoms with Gasteiger partial charge in [0.25, 0.3) is 0 Å². The summed E-state index contributed by atoms with van der Waals surface area (Å²) in [6.45, 7) is 0.851. The molecular formula is C20H24N6O2S. The quantitative estimate of drug-likeness (QED) is 0.511. The standard InChI is InChI=1S/C20H24N6O2S/c1-24(12-14-8-4-6-10-16(14)27)18-21-19(23-20(22-18)26(3)29)25(2)13-15-9-5-7-11-17(15)28/h4-11,27-29H,12-13H2,1-3H3. The molecule has 1 heterocycles. The number of hydrogen-bond acceptors (Lipinski definition) is 9. The molecule has 2 N–H and O–H groups in total. The summed E-state index contributed by atoms with van der Waals surface area (Å²) in [4.78, 5) is 17.2. The number of para-hydroxylation sites is 2. The minimum atomic E-state index is 0.219. The average Bonchev–Trinajstić information content (AvgIpc) is 2.71. The van der Waals surface area contributed by atoms with E-state index in [-0.39, 0.29) is 11.5 Å². The predicted octanol–water partition coefficient (Wildman–Crippen LogP) is 2.84. The van der Waals surface area contributed by atoms with Crippen LogP contribution in [0, 0.1) is 0 Å². The lowest BCUT2D eigenvalue weighted by molar-refractivity contribution is 0.467. The molecule has 152 valence electrons. The lowest BCUT2D eigenvalue weighted by atomic mass is 10.2. The van der Waals surface area contributed by atoms with Crippen molar-refractivity contribution >= 4 is 30.7 Å². The molecule has 3 aromatic rings. The lowest BCUT2D eigenvalue weighted by Crippen LogP contribution is -2.25. The van der Waals surface area contributed by atoms with Gasteiger partial charge in [-0.05, 0) is 12.1 Å². The molecule has 2 aromatic carbocycles. The van der Waals surface area contributed by atoms with Gasteiger partial charge in [0.15, 0.2) is 0 Å². The number of nitrogens with zero attached hydrogens (tertiary/aromatic N) is 6. The molecular weight excluding hydrogens is 388 g/mol. The highest BCUT2D eigenvalue weighted by Gasteiger charge is 2.16. The third-order valence-corrected chi connectivity index (χ3v) is 4.55. The van der Waals surface area contributed by atoms with Crippen molar-refractivity contribution in [2.45, 2.75) is 13.1 Å². The van der Waals surface area contributed by atoms with Crippen LogP contribution in [0.1, 0.15) is 11.1 Å². The van der Waals surface area contributed by atoms with E-state index in [1.165, 1.54) is 4.31 Å². The van der Waals surface area contributed by atoms with Crippen LogP contribution in [-0.2, 0) is 13.1 Å². The predicted molar refractivity (Wildman–Crippen MR) is 118 cm³/mol. The van der Waals surface area contributed by atoms with Gasteiger partial charge in [-0.15, -0.1) is 0 Å². The number of benzene rings is 2. The second kappa shape index (κ2) is 8.87. The normalized spacial score (nSPS) is 10.6. The maximum absolute atomic E-state index is 10.0. The van der Waals surface area contributed by atoms with Gasteiger partial charge in [-0.1, -0.05) is 49.2 Å². The third kappa shape index (κ3) is 5.00. The minimum Gasteiger partial charge on any atom is -0.508 e. The van der Waals surface area contributed by atoms with Crippen molar-refractivity contribution in [1.82, 2.24) is 15.0 Å². The van der Waals surface area contributed by atoms with Crippen LogP contribution < -0.4 is 14.1 Å². The van der Waals surface area contributed by atoms with Gasteiger partial charge >= 0.3 is 0 Å². The number of thiol groups is 1. The zero-order valence-corrected chi connectivity index (χ0v) is 17.5. The number of anilines is 3. The third-order valence-electron chi connectivity index (χ3n) is 4.37. The summed E-state index contributed by atoms with van der Waals surface area (Å²) in [5.41, 5.74) is 1.53. The summed E-state index contributed by atoms with van der Waals surface area (Å²) in [7, 11) is 5.42. The van der Waals surface area contributed by atoms with Gasteiger partial charge in [0.1, 0.15) is 11.5 Å². The molecule has 0 radical (unpaired) electrons. The van der Waals surface area contributed by atoms with Crippen LogP contribution in [0.4, 0.5) is 17.8 Å². The molecule has 0 amide bonds. The van der Waals surface area contributed by atoms with Crippen molar-refractivity contribution in [3.63, 3.8) is 0 Å². The van der Waals surface area contributed by atoms with Crippen LogP contribution in [0.25, 0.3) is 0 Å². The zero-order valence-electron chi connectivity index (χ0n) is 16.6. The minimum absolute atomic E-state index is 0.219. The first-order chi connectivity index (χ1) is 13.8. The smallest absolute Gasteiger partial charge is 0.241 e. The van der Waals surface area contributed by atoms with E-state index in [9.17, 15) is 10.2 Å². The summed E-state index contributed by atoms with van der Waals surface area (Å²) in [5.74, 6) is 1.71. The molecule has 0 atom stereocenters. The first-order valence-electron chi connectivity index (χ1n) is 9.00. The van der Waals surface area contributed by atoms with Crippen LogP contribution in [0.2, 0.25) is 0 Å². The van der Waals surface area contributed by atoms with Gasteiger partial charge in [0.2, 0.25) is 17.8 Å². The first-order valence-corrected chi connectivity index (χ1v) is 9.40. The Morgan fingerprint density at radius 3 is 1.45 bits per heavy atom. The van der Waals surface area contributed by atoms with Crippen LogP contribution in [0.15, 0.2) is 48.5 Å². The Balaban J connectivity index is 1.89. The molecule has 0 aliphatic carbocycles.